The maximum Gasteiger partial charge on any atom is 0.213 e. The second-order valence-electron chi connectivity index (χ2n) is 3.18. The number of carbonyl (C=O) groups excluding carboxylic acids is 2. The largest absolute Gasteiger partial charge is 0.496 e. The Hall–Kier alpha value is -2.10. The van der Waals surface area contributed by atoms with Crippen molar-refractivity contribution in [3.63, 3.8) is 0 Å². The summed E-state index contributed by atoms with van der Waals surface area (Å²) in [5.41, 5.74) is 5.99. The van der Waals surface area contributed by atoms with E-state index in [0.29, 0.717) is 11.3 Å². The second-order valence-corrected chi connectivity index (χ2v) is 3.18. The lowest BCUT2D eigenvalue weighted by atomic mass is 9.92. The monoisotopic (exact) mass is 203 g/mol. The van der Waals surface area contributed by atoms with Crippen molar-refractivity contribution in [1.82, 2.24) is 0 Å². The van der Waals surface area contributed by atoms with Gasteiger partial charge in [-0.1, -0.05) is 12.1 Å². The third-order valence-corrected chi connectivity index (χ3v) is 2.29. The summed E-state index contributed by atoms with van der Waals surface area (Å²) in [4.78, 5) is 23.3. The first-order chi connectivity index (χ1) is 7.15. The molecular weight excluding hydrogens is 194 g/mol. The number of nitrogens with two attached hydrogens (primary N) is 1. The fraction of sp³-hybridized carbons (Fsp3) is 0.0909. The molecule has 0 radical (unpaired) electrons. The van der Waals surface area contributed by atoms with Crippen LogP contribution in [0.15, 0.2) is 30.0 Å². The molecule has 4 nitrogen and oxygen atoms in total. The molecule has 0 bridgehead atoms. The standard InChI is InChI=1S/C11H9NO3/c1-15-9-4-2-3-6-8(13)5-7(12)11(14)10(6)9/h2-5H,12H2,1H3. The maximum atomic E-state index is 11.7. The molecule has 0 fully saturated rings. The van der Waals surface area contributed by atoms with E-state index < -0.39 is 0 Å². The number of fused-ring (bicyclic) bond motifs is 1. The number of allylic oxidation sites excluding steroid dienone is 2. The molecule has 0 spiro atoms. The van der Waals surface area contributed by atoms with E-state index in [1.165, 1.54) is 7.11 Å². The van der Waals surface area contributed by atoms with Crippen LogP contribution in [-0.2, 0) is 0 Å². The molecule has 0 heterocycles. The van der Waals surface area contributed by atoms with Crippen LogP contribution in [0.3, 0.4) is 0 Å². The van der Waals surface area contributed by atoms with Gasteiger partial charge in [-0.05, 0) is 6.07 Å². The third kappa shape index (κ3) is 1.30. The van der Waals surface area contributed by atoms with Gasteiger partial charge in [-0.3, -0.25) is 9.59 Å². The zero-order valence-electron chi connectivity index (χ0n) is 8.11. The van der Waals surface area contributed by atoms with E-state index in [1.807, 2.05) is 0 Å². The van der Waals surface area contributed by atoms with Gasteiger partial charge in [-0.15, -0.1) is 0 Å². The number of benzene rings is 1. The number of ketones is 2. The zero-order chi connectivity index (χ0) is 11.0. The molecule has 0 amide bonds. The van der Waals surface area contributed by atoms with Crippen LogP contribution in [0.25, 0.3) is 0 Å². The molecule has 1 aliphatic rings. The van der Waals surface area contributed by atoms with Gasteiger partial charge in [-0.25, -0.2) is 0 Å². The summed E-state index contributed by atoms with van der Waals surface area (Å²) in [6, 6.07) is 4.88. The fourth-order valence-corrected chi connectivity index (χ4v) is 1.57. The van der Waals surface area contributed by atoms with Crippen molar-refractivity contribution in [1.29, 1.82) is 0 Å². The molecule has 1 aliphatic carbocycles. The molecular formula is C11H9NO3. The molecule has 0 aromatic heterocycles. The summed E-state index contributed by atoms with van der Waals surface area (Å²) in [5, 5.41) is 0. The van der Waals surface area contributed by atoms with E-state index in [4.69, 9.17) is 10.5 Å². The second kappa shape index (κ2) is 3.24. The number of ether oxygens (including phenoxy) is 1. The highest BCUT2D eigenvalue weighted by molar-refractivity contribution is 6.25. The van der Waals surface area contributed by atoms with Crippen LogP contribution in [-0.4, -0.2) is 18.7 Å². The number of carbonyl (C=O) groups is 2. The van der Waals surface area contributed by atoms with Crippen LogP contribution in [0, 0.1) is 0 Å². The quantitative estimate of drug-likeness (QED) is 0.736. The SMILES string of the molecule is COc1cccc2c1C(=O)C(N)=CC2=O. The fourth-order valence-electron chi connectivity index (χ4n) is 1.57. The molecule has 0 saturated heterocycles. The molecule has 0 atom stereocenters. The number of Topliss-reactive ketones (excluding diaryl/α,β-unsaturated/α-hetero) is 1. The minimum Gasteiger partial charge on any atom is -0.496 e. The van der Waals surface area contributed by atoms with Crippen LogP contribution in [0.2, 0.25) is 0 Å². The molecule has 2 N–H and O–H groups in total. The van der Waals surface area contributed by atoms with Gasteiger partial charge in [0.2, 0.25) is 5.78 Å². The van der Waals surface area contributed by atoms with Crippen molar-refractivity contribution in [2.75, 3.05) is 7.11 Å². The summed E-state index contributed by atoms with van der Waals surface area (Å²) in [5.74, 6) is -0.245. The summed E-state index contributed by atoms with van der Waals surface area (Å²) in [6.45, 7) is 0. The van der Waals surface area contributed by atoms with Crippen LogP contribution >= 0.6 is 0 Å². The minimum absolute atomic E-state index is 0.0444. The summed E-state index contributed by atoms with van der Waals surface area (Å²) in [6.07, 6.45) is 1.14. The van der Waals surface area contributed by atoms with E-state index in [1.54, 1.807) is 18.2 Å². The number of hydrogen-bond acceptors (Lipinski definition) is 4. The van der Waals surface area contributed by atoms with Crippen LogP contribution < -0.4 is 10.5 Å². The molecule has 4 heteroatoms. The summed E-state index contributed by atoms with van der Waals surface area (Å²) < 4.78 is 5.02. The van der Waals surface area contributed by atoms with Crippen molar-refractivity contribution in [2.45, 2.75) is 0 Å². The number of hydrogen-bond donors (Lipinski definition) is 1. The van der Waals surface area contributed by atoms with Crippen molar-refractivity contribution in [2.24, 2.45) is 5.73 Å². The van der Waals surface area contributed by atoms with Crippen molar-refractivity contribution < 1.29 is 14.3 Å². The van der Waals surface area contributed by atoms with Crippen LogP contribution in [0.4, 0.5) is 0 Å². The number of methoxy groups -OCH3 is 1. The Bertz CT molecular complexity index is 489. The average molecular weight is 203 g/mol. The summed E-state index contributed by atoms with van der Waals surface area (Å²) in [7, 11) is 1.45. The Morgan fingerprint density at radius 2 is 2.00 bits per heavy atom. The highest BCUT2D eigenvalue weighted by atomic mass is 16.5. The van der Waals surface area contributed by atoms with Gasteiger partial charge in [0, 0.05) is 11.6 Å². The van der Waals surface area contributed by atoms with Crippen molar-refractivity contribution in [3.05, 3.63) is 41.1 Å². The third-order valence-electron chi connectivity index (χ3n) is 2.29. The predicted molar refractivity (Wildman–Crippen MR) is 53.9 cm³/mol. The van der Waals surface area contributed by atoms with Crippen molar-refractivity contribution in [3.8, 4) is 5.75 Å². The van der Waals surface area contributed by atoms with E-state index in [-0.39, 0.29) is 22.8 Å². The Balaban J connectivity index is 2.72. The highest BCUT2D eigenvalue weighted by Crippen LogP contribution is 2.27. The first-order valence-corrected chi connectivity index (χ1v) is 4.38. The van der Waals surface area contributed by atoms with Gasteiger partial charge in [0.1, 0.15) is 5.75 Å². The molecule has 0 unspecified atom stereocenters. The first kappa shape index (κ1) is 9.45. The minimum atomic E-state index is -0.359. The van der Waals surface area contributed by atoms with Gasteiger partial charge in [-0.2, -0.15) is 0 Å². The van der Waals surface area contributed by atoms with Crippen molar-refractivity contribution >= 4 is 11.6 Å². The Labute approximate surface area is 86.3 Å². The molecule has 1 aromatic carbocycles. The van der Waals surface area contributed by atoms with Gasteiger partial charge in [0.15, 0.2) is 5.78 Å². The van der Waals surface area contributed by atoms with Gasteiger partial charge in [0.05, 0.1) is 18.4 Å². The normalized spacial score (nSPS) is 14.6. The first-order valence-electron chi connectivity index (χ1n) is 4.38. The highest BCUT2D eigenvalue weighted by Gasteiger charge is 2.26. The van der Waals surface area contributed by atoms with Crippen LogP contribution in [0.1, 0.15) is 20.7 Å². The van der Waals surface area contributed by atoms with Gasteiger partial charge < -0.3 is 10.5 Å². The smallest absolute Gasteiger partial charge is 0.213 e. The van der Waals surface area contributed by atoms with Gasteiger partial charge >= 0.3 is 0 Å². The molecule has 2 rings (SSSR count). The van der Waals surface area contributed by atoms with Gasteiger partial charge in [0.25, 0.3) is 0 Å². The molecule has 76 valence electrons. The Kier molecular flexibility index (Phi) is 2.04. The zero-order valence-corrected chi connectivity index (χ0v) is 8.11. The summed E-state index contributed by atoms with van der Waals surface area (Å²) >= 11 is 0. The van der Waals surface area contributed by atoms with E-state index >= 15 is 0 Å². The lowest BCUT2D eigenvalue weighted by Crippen LogP contribution is -2.22. The Morgan fingerprint density at radius 1 is 1.27 bits per heavy atom. The molecule has 0 aliphatic heterocycles. The molecule has 0 saturated carbocycles. The molecule has 15 heavy (non-hydrogen) atoms. The number of rotatable bonds is 1. The van der Waals surface area contributed by atoms with Crippen LogP contribution in [0.5, 0.6) is 5.75 Å². The maximum absolute atomic E-state index is 11.7. The topological polar surface area (TPSA) is 69.4 Å². The van der Waals surface area contributed by atoms with E-state index in [2.05, 4.69) is 0 Å². The lowest BCUT2D eigenvalue weighted by Gasteiger charge is -2.14. The molecule has 1 aromatic rings. The van der Waals surface area contributed by atoms with E-state index in [0.717, 1.165) is 6.08 Å². The lowest BCUT2D eigenvalue weighted by molar-refractivity contribution is 0.0980. The average Bonchev–Trinajstić information content (AvgIpc) is 2.25. The van der Waals surface area contributed by atoms with E-state index in [9.17, 15) is 9.59 Å². The Morgan fingerprint density at radius 3 is 2.67 bits per heavy atom. The predicted octanol–water partition coefficient (Wildman–Crippen LogP) is 0.917.